The predicted octanol–water partition coefficient (Wildman–Crippen LogP) is -0.362. The lowest BCUT2D eigenvalue weighted by atomic mass is 10.3. The van der Waals surface area contributed by atoms with Crippen LogP contribution in [0.15, 0.2) is 6.33 Å². The molecule has 0 bridgehead atoms. The fourth-order valence-corrected chi connectivity index (χ4v) is 0.989. The van der Waals surface area contributed by atoms with E-state index in [1.54, 1.807) is 6.92 Å². The Morgan fingerprint density at radius 3 is 2.62 bits per heavy atom. The standard InChI is InChI=1S/C8H13N5O3/c1-4(6-9-3-10-13-6)11-8(16)12-5(2)7(14)15/h3-5H,1-2H3,(H,14,15)(H,9,10,13)(H2,11,12,16). The number of hydrogen-bond donors (Lipinski definition) is 4. The quantitative estimate of drug-likeness (QED) is 0.559. The smallest absolute Gasteiger partial charge is 0.325 e. The van der Waals surface area contributed by atoms with E-state index in [1.165, 1.54) is 13.3 Å². The van der Waals surface area contributed by atoms with Gasteiger partial charge in [-0.25, -0.2) is 9.78 Å². The first kappa shape index (κ1) is 12.0. The van der Waals surface area contributed by atoms with Crippen LogP contribution in [0.1, 0.15) is 25.7 Å². The molecule has 0 spiro atoms. The Balaban J connectivity index is 2.43. The van der Waals surface area contributed by atoms with Crippen LogP contribution in [0.25, 0.3) is 0 Å². The van der Waals surface area contributed by atoms with Crippen molar-refractivity contribution in [3.05, 3.63) is 12.2 Å². The molecule has 2 amide bonds. The first-order valence-corrected chi connectivity index (χ1v) is 4.65. The molecule has 2 atom stereocenters. The maximum atomic E-state index is 11.3. The molecule has 0 saturated heterocycles. The zero-order valence-electron chi connectivity index (χ0n) is 8.89. The topological polar surface area (TPSA) is 120 Å². The van der Waals surface area contributed by atoms with Crippen molar-refractivity contribution in [2.45, 2.75) is 25.9 Å². The van der Waals surface area contributed by atoms with Gasteiger partial charge in [0.1, 0.15) is 18.2 Å². The van der Waals surface area contributed by atoms with Crippen LogP contribution in [-0.2, 0) is 4.79 Å². The molecule has 1 rings (SSSR count). The van der Waals surface area contributed by atoms with E-state index in [0.717, 1.165) is 0 Å². The van der Waals surface area contributed by atoms with Crippen LogP contribution in [0.2, 0.25) is 0 Å². The minimum Gasteiger partial charge on any atom is -0.480 e. The molecule has 1 aromatic rings. The third-order valence-corrected chi connectivity index (χ3v) is 1.91. The first-order valence-electron chi connectivity index (χ1n) is 4.65. The predicted molar refractivity (Wildman–Crippen MR) is 53.6 cm³/mol. The normalized spacial score (nSPS) is 13.9. The van der Waals surface area contributed by atoms with Gasteiger partial charge in [-0.2, -0.15) is 5.10 Å². The maximum absolute atomic E-state index is 11.3. The van der Waals surface area contributed by atoms with Crippen LogP contribution in [0, 0.1) is 0 Å². The number of amides is 2. The van der Waals surface area contributed by atoms with E-state index in [2.05, 4.69) is 25.8 Å². The number of nitrogens with one attached hydrogen (secondary N) is 3. The van der Waals surface area contributed by atoms with Gasteiger partial charge in [0.05, 0.1) is 6.04 Å². The van der Waals surface area contributed by atoms with Gasteiger partial charge in [0, 0.05) is 0 Å². The van der Waals surface area contributed by atoms with Crippen molar-refractivity contribution in [2.75, 3.05) is 0 Å². The monoisotopic (exact) mass is 227 g/mol. The molecule has 0 aliphatic carbocycles. The van der Waals surface area contributed by atoms with Crippen LogP contribution >= 0.6 is 0 Å². The molecule has 0 aromatic carbocycles. The van der Waals surface area contributed by atoms with Crippen molar-refractivity contribution in [3.8, 4) is 0 Å². The molecule has 2 unspecified atom stereocenters. The number of aliphatic carboxylic acids is 1. The molecule has 16 heavy (non-hydrogen) atoms. The highest BCUT2D eigenvalue weighted by Gasteiger charge is 2.16. The summed E-state index contributed by atoms with van der Waals surface area (Å²) in [7, 11) is 0. The minimum absolute atomic E-state index is 0.372. The summed E-state index contributed by atoms with van der Waals surface area (Å²) in [4.78, 5) is 25.7. The highest BCUT2D eigenvalue weighted by atomic mass is 16.4. The van der Waals surface area contributed by atoms with E-state index >= 15 is 0 Å². The number of urea groups is 1. The van der Waals surface area contributed by atoms with Gasteiger partial charge in [0.25, 0.3) is 0 Å². The van der Waals surface area contributed by atoms with Gasteiger partial charge in [0.2, 0.25) is 0 Å². The Morgan fingerprint density at radius 1 is 1.44 bits per heavy atom. The lowest BCUT2D eigenvalue weighted by Crippen LogP contribution is -2.45. The molecule has 4 N–H and O–H groups in total. The Bertz CT molecular complexity index is 364. The van der Waals surface area contributed by atoms with Crippen LogP contribution in [0.3, 0.4) is 0 Å². The lowest BCUT2D eigenvalue weighted by Gasteiger charge is -2.14. The van der Waals surface area contributed by atoms with Gasteiger partial charge in [-0.3, -0.25) is 9.89 Å². The summed E-state index contributed by atoms with van der Waals surface area (Å²) in [5.41, 5.74) is 0. The van der Waals surface area contributed by atoms with Gasteiger partial charge < -0.3 is 15.7 Å². The molecule has 1 heterocycles. The molecule has 1 aromatic heterocycles. The Hall–Kier alpha value is -2.12. The molecule has 0 saturated carbocycles. The highest BCUT2D eigenvalue weighted by Crippen LogP contribution is 2.03. The Labute approximate surface area is 91.5 Å². The number of carboxylic acids is 1. The van der Waals surface area contributed by atoms with Crippen molar-refractivity contribution in [1.82, 2.24) is 25.8 Å². The number of carbonyl (C=O) groups is 2. The summed E-state index contributed by atoms with van der Waals surface area (Å²) in [6, 6.07) is -1.88. The number of rotatable bonds is 4. The van der Waals surface area contributed by atoms with Crippen LogP contribution in [-0.4, -0.2) is 38.3 Å². The summed E-state index contributed by atoms with van der Waals surface area (Å²) >= 11 is 0. The average molecular weight is 227 g/mol. The van der Waals surface area contributed by atoms with Gasteiger partial charge in [0.15, 0.2) is 0 Å². The molecule has 0 fully saturated rings. The fraction of sp³-hybridized carbons (Fsp3) is 0.500. The maximum Gasteiger partial charge on any atom is 0.325 e. The largest absolute Gasteiger partial charge is 0.480 e. The molecule has 0 aliphatic rings. The van der Waals surface area contributed by atoms with Gasteiger partial charge in [-0.1, -0.05) is 0 Å². The average Bonchev–Trinajstić information content (AvgIpc) is 2.69. The molecule has 0 aliphatic heterocycles. The summed E-state index contributed by atoms with van der Waals surface area (Å²) in [6.07, 6.45) is 1.32. The molecular weight excluding hydrogens is 214 g/mol. The van der Waals surface area contributed by atoms with E-state index in [-0.39, 0.29) is 6.04 Å². The number of H-pyrrole nitrogens is 1. The number of aromatic amines is 1. The second-order valence-electron chi connectivity index (χ2n) is 3.27. The fourth-order valence-electron chi connectivity index (χ4n) is 0.989. The van der Waals surface area contributed by atoms with Crippen LogP contribution in [0.5, 0.6) is 0 Å². The summed E-state index contributed by atoms with van der Waals surface area (Å²) < 4.78 is 0. The van der Waals surface area contributed by atoms with Crippen molar-refractivity contribution in [1.29, 1.82) is 0 Å². The summed E-state index contributed by atoms with van der Waals surface area (Å²) in [6.45, 7) is 3.08. The second kappa shape index (κ2) is 5.10. The van der Waals surface area contributed by atoms with Gasteiger partial charge in [-0.05, 0) is 13.8 Å². The van der Waals surface area contributed by atoms with Crippen molar-refractivity contribution in [3.63, 3.8) is 0 Å². The Morgan fingerprint density at radius 2 is 2.12 bits per heavy atom. The van der Waals surface area contributed by atoms with Crippen molar-refractivity contribution < 1.29 is 14.7 Å². The van der Waals surface area contributed by atoms with Crippen molar-refractivity contribution >= 4 is 12.0 Å². The third kappa shape index (κ3) is 3.23. The zero-order valence-corrected chi connectivity index (χ0v) is 8.89. The number of hydrogen-bond acceptors (Lipinski definition) is 4. The van der Waals surface area contributed by atoms with Gasteiger partial charge >= 0.3 is 12.0 Å². The molecule has 88 valence electrons. The molecule has 0 radical (unpaired) electrons. The van der Waals surface area contributed by atoms with Crippen LogP contribution in [0.4, 0.5) is 4.79 Å². The van der Waals surface area contributed by atoms with E-state index < -0.39 is 18.0 Å². The molecule has 8 heteroatoms. The van der Waals surface area contributed by atoms with E-state index in [9.17, 15) is 9.59 Å². The highest BCUT2D eigenvalue weighted by molar-refractivity contribution is 5.82. The van der Waals surface area contributed by atoms with E-state index in [1.807, 2.05) is 0 Å². The summed E-state index contributed by atoms with van der Waals surface area (Å²) in [5.74, 6) is -0.597. The number of aromatic nitrogens is 3. The minimum atomic E-state index is -1.09. The van der Waals surface area contributed by atoms with Crippen molar-refractivity contribution in [2.24, 2.45) is 0 Å². The first-order chi connectivity index (χ1) is 7.50. The van der Waals surface area contributed by atoms with Gasteiger partial charge in [-0.15, -0.1) is 0 Å². The lowest BCUT2D eigenvalue weighted by molar-refractivity contribution is -0.138. The molecular formula is C8H13N5O3. The number of carboxylic acid groups (broad SMARTS) is 1. The second-order valence-corrected chi connectivity index (χ2v) is 3.27. The van der Waals surface area contributed by atoms with E-state index in [4.69, 9.17) is 5.11 Å². The molecule has 8 nitrogen and oxygen atoms in total. The summed E-state index contributed by atoms with van der Waals surface area (Å²) in [5, 5.41) is 19.6. The van der Waals surface area contributed by atoms with Crippen LogP contribution < -0.4 is 10.6 Å². The third-order valence-electron chi connectivity index (χ3n) is 1.91. The Kier molecular flexibility index (Phi) is 3.81. The number of carbonyl (C=O) groups excluding carboxylic acids is 1. The zero-order chi connectivity index (χ0) is 12.1. The van der Waals surface area contributed by atoms with E-state index in [0.29, 0.717) is 5.82 Å². The number of nitrogens with zero attached hydrogens (tertiary/aromatic N) is 2. The SMILES string of the molecule is CC(NC(=O)NC(C)c1ncn[nH]1)C(=O)O.